The van der Waals surface area contributed by atoms with Crippen LogP contribution in [0.3, 0.4) is 0 Å². The van der Waals surface area contributed by atoms with Gasteiger partial charge in [-0.2, -0.15) is 13.2 Å². The fourth-order valence-corrected chi connectivity index (χ4v) is 3.36. The molecule has 1 aromatic carbocycles. The number of cyclic esters (lactones) is 1. The molecular formula is C18H19F3N2O4. The van der Waals surface area contributed by atoms with E-state index in [1.807, 2.05) is 0 Å². The molecule has 0 bridgehead atoms. The van der Waals surface area contributed by atoms with Crippen molar-refractivity contribution in [2.45, 2.75) is 37.9 Å². The van der Waals surface area contributed by atoms with Crippen LogP contribution in [0.2, 0.25) is 0 Å². The predicted octanol–water partition coefficient (Wildman–Crippen LogP) is 2.61. The van der Waals surface area contributed by atoms with Gasteiger partial charge in [-0.1, -0.05) is 12.1 Å². The van der Waals surface area contributed by atoms with Gasteiger partial charge in [0.2, 0.25) is 5.91 Å². The zero-order valence-corrected chi connectivity index (χ0v) is 14.5. The molecule has 3 amide bonds. The van der Waals surface area contributed by atoms with Crippen molar-refractivity contribution in [3.63, 3.8) is 0 Å². The molecule has 9 heteroatoms. The van der Waals surface area contributed by atoms with Crippen LogP contribution in [0.5, 0.6) is 0 Å². The van der Waals surface area contributed by atoms with E-state index in [1.54, 1.807) is 4.90 Å². The molecule has 27 heavy (non-hydrogen) atoms. The van der Waals surface area contributed by atoms with E-state index in [2.05, 4.69) is 0 Å². The predicted molar refractivity (Wildman–Crippen MR) is 87.6 cm³/mol. The molecule has 3 rings (SSSR count). The molecule has 6 nitrogen and oxygen atoms in total. The van der Waals surface area contributed by atoms with Gasteiger partial charge in [-0.3, -0.25) is 9.59 Å². The maximum atomic E-state index is 12.6. The van der Waals surface area contributed by atoms with E-state index in [0.717, 1.165) is 17.0 Å². The number of halogens is 3. The van der Waals surface area contributed by atoms with Crippen molar-refractivity contribution < 1.29 is 32.3 Å². The number of likely N-dealkylation sites (tertiary alicyclic amines) is 1. The van der Waals surface area contributed by atoms with Crippen LogP contribution in [0.1, 0.15) is 30.4 Å². The number of aryl methyl sites for hydroxylation is 1. The Bertz CT molecular complexity index is 709. The summed E-state index contributed by atoms with van der Waals surface area (Å²) in [5.41, 5.74) is -0.0497. The van der Waals surface area contributed by atoms with Crippen molar-refractivity contribution in [1.82, 2.24) is 9.80 Å². The Morgan fingerprint density at radius 3 is 2.26 bits per heavy atom. The molecule has 2 heterocycles. The lowest BCUT2D eigenvalue weighted by atomic mass is 10.0. The fourth-order valence-electron chi connectivity index (χ4n) is 3.36. The standard InChI is InChI=1S/C18H19F3N2O4/c19-18(20,21)13-4-1-12(2-5-13)3-6-15(24)22-9-7-14(8-10-22)23-16(25)11-27-17(23)26/h1-2,4-5,14H,3,6-11H2. The average molecular weight is 384 g/mol. The highest BCUT2D eigenvalue weighted by molar-refractivity contribution is 5.98. The summed E-state index contributed by atoms with van der Waals surface area (Å²) in [4.78, 5) is 38.4. The first kappa shape index (κ1) is 19.2. The average Bonchev–Trinajstić information content (AvgIpc) is 2.98. The molecule has 0 atom stereocenters. The van der Waals surface area contributed by atoms with Crippen molar-refractivity contribution in [2.75, 3.05) is 19.7 Å². The minimum absolute atomic E-state index is 0.0938. The molecule has 2 saturated heterocycles. The summed E-state index contributed by atoms with van der Waals surface area (Å²) in [5.74, 6) is -0.448. The number of benzene rings is 1. The van der Waals surface area contributed by atoms with E-state index in [1.165, 1.54) is 12.1 Å². The summed E-state index contributed by atoms with van der Waals surface area (Å²) in [6.45, 7) is 0.617. The number of carbonyl (C=O) groups excluding carboxylic acids is 3. The van der Waals surface area contributed by atoms with Gasteiger partial charge in [0.05, 0.1) is 5.56 Å². The second kappa shape index (κ2) is 7.58. The van der Waals surface area contributed by atoms with E-state index in [0.29, 0.717) is 37.9 Å². The molecule has 0 aliphatic carbocycles. The number of rotatable bonds is 4. The Labute approximate surface area is 153 Å². The first-order valence-corrected chi connectivity index (χ1v) is 8.68. The molecule has 0 spiro atoms. The number of carbonyl (C=O) groups is 3. The zero-order chi connectivity index (χ0) is 19.6. The van der Waals surface area contributed by atoms with Gasteiger partial charge in [0.1, 0.15) is 0 Å². The number of imide groups is 1. The van der Waals surface area contributed by atoms with Gasteiger partial charge < -0.3 is 9.64 Å². The fraction of sp³-hybridized carbons (Fsp3) is 0.500. The highest BCUT2D eigenvalue weighted by Crippen LogP contribution is 2.29. The Kier molecular flexibility index (Phi) is 5.38. The highest BCUT2D eigenvalue weighted by atomic mass is 19.4. The molecular weight excluding hydrogens is 365 g/mol. The number of hydrogen-bond donors (Lipinski definition) is 0. The molecule has 0 unspecified atom stereocenters. The van der Waals surface area contributed by atoms with Crippen molar-refractivity contribution in [2.24, 2.45) is 0 Å². The second-order valence-electron chi connectivity index (χ2n) is 6.62. The van der Waals surface area contributed by atoms with E-state index < -0.39 is 17.8 Å². The van der Waals surface area contributed by atoms with Crippen LogP contribution >= 0.6 is 0 Å². The van der Waals surface area contributed by atoms with Gasteiger partial charge in [0, 0.05) is 25.6 Å². The lowest BCUT2D eigenvalue weighted by molar-refractivity contribution is -0.138. The smallest absolute Gasteiger partial charge is 0.417 e. The third-order valence-electron chi connectivity index (χ3n) is 4.88. The number of amides is 3. The lowest BCUT2D eigenvalue weighted by Gasteiger charge is -2.34. The zero-order valence-electron chi connectivity index (χ0n) is 14.5. The largest absolute Gasteiger partial charge is 0.439 e. The number of piperidine rings is 1. The van der Waals surface area contributed by atoms with Crippen molar-refractivity contribution in [3.8, 4) is 0 Å². The molecule has 2 fully saturated rings. The summed E-state index contributed by atoms with van der Waals surface area (Å²) >= 11 is 0. The molecule has 146 valence electrons. The molecule has 0 radical (unpaired) electrons. The topological polar surface area (TPSA) is 66.9 Å². The number of hydrogen-bond acceptors (Lipinski definition) is 4. The normalized spacial score (nSPS) is 18.8. The summed E-state index contributed by atoms with van der Waals surface area (Å²) in [6, 6.07) is 4.53. The summed E-state index contributed by atoms with van der Waals surface area (Å²) in [5, 5.41) is 0. The Morgan fingerprint density at radius 1 is 1.11 bits per heavy atom. The van der Waals surface area contributed by atoms with Crippen LogP contribution in [0, 0.1) is 0 Å². The third kappa shape index (κ3) is 4.40. The summed E-state index contributed by atoms with van der Waals surface area (Å²) < 4.78 is 42.4. The van der Waals surface area contributed by atoms with Gasteiger partial charge in [-0.25, -0.2) is 9.69 Å². The summed E-state index contributed by atoms with van der Waals surface area (Å²) in [6.07, 6.45) is -3.47. The van der Waals surface area contributed by atoms with Gasteiger partial charge >= 0.3 is 12.3 Å². The molecule has 0 saturated carbocycles. The van der Waals surface area contributed by atoms with Crippen LogP contribution in [0.4, 0.5) is 18.0 Å². The molecule has 1 aromatic rings. The Hall–Kier alpha value is -2.58. The van der Waals surface area contributed by atoms with Crippen molar-refractivity contribution >= 4 is 17.9 Å². The Morgan fingerprint density at radius 2 is 1.74 bits per heavy atom. The number of nitrogens with zero attached hydrogens (tertiary/aromatic N) is 2. The first-order valence-electron chi connectivity index (χ1n) is 8.68. The highest BCUT2D eigenvalue weighted by Gasteiger charge is 2.39. The van der Waals surface area contributed by atoms with E-state index >= 15 is 0 Å². The molecule has 0 N–H and O–H groups in total. The van der Waals surface area contributed by atoms with Crippen LogP contribution in [0.15, 0.2) is 24.3 Å². The lowest BCUT2D eigenvalue weighted by Crippen LogP contribution is -2.48. The third-order valence-corrected chi connectivity index (χ3v) is 4.88. The van der Waals surface area contributed by atoms with Crippen LogP contribution in [0.25, 0.3) is 0 Å². The van der Waals surface area contributed by atoms with Crippen LogP contribution < -0.4 is 0 Å². The maximum Gasteiger partial charge on any atom is 0.417 e. The molecule has 2 aliphatic rings. The van der Waals surface area contributed by atoms with Gasteiger partial charge in [-0.05, 0) is 37.0 Å². The van der Waals surface area contributed by atoms with Gasteiger partial charge in [0.15, 0.2) is 6.61 Å². The summed E-state index contributed by atoms with van der Waals surface area (Å²) in [7, 11) is 0. The first-order chi connectivity index (χ1) is 12.8. The van der Waals surface area contributed by atoms with E-state index in [9.17, 15) is 27.6 Å². The number of ether oxygens (including phenoxy) is 1. The van der Waals surface area contributed by atoms with E-state index in [-0.39, 0.29) is 30.9 Å². The monoisotopic (exact) mass is 384 g/mol. The number of alkyl halides is 3. The van der Waals surface area contributed by atoms with Gasteiger partial charge in [-0.15, -0.1) is 0 Å². The Balaban J connectivity index is 1.47. The SMILES string of the molecule is O=C(CCc1ccc(C(F)(F)F)cc1)N1CCC(N2C(=O)COC2=O)CC1. The molecule has 2 aliphatic heterocycles. The van der Waals surface area contributed by atoms with Crippen LogP contribution in [-0.4, -0.2) is 53.4 Å². The quantitative estimate of drug-likeness (QED) is 0.800. The minimum atomic E-state index is -4.37. The van der Waals surface area contributed by atoms with Crippen molar-refractivity contribution in [3.05, 3.63) is 35.4 Å². The van der Waals surface area contributed by atoms with Gasteiger partial charge in [0.25, 0.3) is 5.91 Å². The van der Waals surface area contributed by atoms with Crippen molar-refractivity contribution in [1.29, 1.82) is 0 Å². The van der Waals surface area contributed by atoms with Crippen LogP contribution in [-0.2, 0) is 26.9 Å². The van der Waals surface area contributed by atoms with E-state index in [4.69, 9.17) is 4.74 Å². The minimum Gasteiger partial charge on any atom is -0.439 e. The molecule has 0 aromatic heterocycles. The second-order valence-corrected chi connectivity index (χ2v) is 6.62. The maximum absolute atomic E-state index is 12.6.